The minimum atomic E-state index is 0.412. The maximum absolute atomic E-state index is 4.23. The summed E-state index contributed by atoms with van der Waals surface area (Å²) in [7, 11) is 0. The van der Waals surface area contributed by atoms with E-state index in [9.17, 15) is 0 Å². The summed E-state index contributed by atoms with van der Waals surface area (Å²) in [6, 6.07) is 0.653. The van der Waals surface area contributed by atoms with E-state index in [0.29, 0.717) is 16.9 Å². The van der Waals surface area contributed by atoms with E-state index in [0.717, 1.165) is 5.92 Å². The predicted molar refractivity (Wildman–Crippen MR) is 65.6 cm³/mol. The SMILES string of the molecule is C=C1NC(CCC)[C@](C)(CC)C2CC12C. The predicted octanol–water partition coefficient (Wildman–Crippen LogP) is 3.71. The summed E-state index contributed by atoms with van der Waals surface area (Å²) in [4.78, 5) is 0. The molecule has 0 aromatic heterocycles. The number of nitrogens with one attached hydrogen (secondary N) is 1. The standard InChI is InChI=1S/C14H25N/c1-6-8-12-13(4,7-2)11-9-14(11,5)10(3)15-12/h11-12,15H,3,6-9H2,1-2,4-5H3/t11?,12?,13-,14?/m1/s1. The summed E-state index contributed by atoms with van der Waals surface area (Å²) >= 11 is 0. The van der Waals surface area contributed by atoms with E-state index >= 15 is 0 Å². The Morgan fingerprint density at radius 1 is 1.40 bits per heavy atom. The van der Waals surface area contributed by atoms with Crippen LogP contribution in [-0.2, 0) is 0 Å². The largest absolute Gasteiger partial charge is 0.385 e. The molecule has 2 aliphatic rings. The molecule has 15 heavy (non-hydrogen) atoms. The van der Waals surface area contributed by atoms with Crippen molar-refractivity contribution in [1.29, 1.82) is 0 Å². The molecule has 3 unspecified atom stereocenters. The van der Waals surface area contributed by atoms with Crippen LogP contribution < -0.4 is 5.32 Å². The van der Waals surface area contributed by atoms with Crippen LogP contribution in [0.4, 0.5) is 0 Å². The first-order chi connectivity index (χ1) is 6.99. The van der Waals surface area contributed by atoms with Crippen molar-refractivity contribution >= 4 is 0 Å². The van der Waals surface area contributed by atoms with Gasteiger partial charge in [0, 0.05) is 17.2 Å². The van der Waals surface area contributed by atoms with E-state index in [-0.39, 0.29) is 0 Å². The molecule has 1 heterocycles. The van der Waals surface area contributed by atoms with Gasteiger partial charge in [-0.25, -0.2) is 0 Å². The number of fused-ring (bicyclic) bond motifs is 1. The number of rotatable bonds is 3. The fourth-order valence-electron chi connectivity index (χ4n) is 3.63. The Morgan fingerprint density at radius 3 is 2.60 bits per heavy atom. The highest BCUT2D eigenvalue weighted by Crippen LogP contribution is 2.68. The van der Waals surface area contributed by atoms with Gasteiger partial charge in [-0.15, -0.1) is 0 Å². The zero-order chi connectivity index (χ0) is 11.3. The van der Waals surface area contributed by atoms with Crippen molar-refractivity contribution in [3.63, 3.8) is 0 Å². The molecule has 0 aromatic rings. The molecular weight excluding hydrogens is 182 g/mol. The molecule has 4 atom stereocenters. The Balaban J connectivity index is 2.23. The van der Waals surface area contributed by atoms with Crippen LogP contribution >= 0.6 is 0 Å². The third-order valence-electron chi connectivity index (χ3n) is 5.21. The van der Waals surface area contributed by atoms with Crippen molar-refractivity contribution in [1.82, 2.24) is 5.32 Å². The second-order valence-electron chi connectivity index (χ2n) is 6.00. The Kier molecular flexibility index (Phi) is 2.40. The van der Waals surface area contributed by atoms with Crippen LogP contribution in [0, 0.1) is 16.7 Å². The second kappa shape index (κ2) is 3.26. The molecule has 1 aliphatic carbocycles. The summed E-state index contributed by atoms with van der Waals surface area (Å²) in [6.45, 7) is 13.7. The van der Waals surface area contributed by atoms with Crippen molar-refractivity contribution < 1.29 is 0 Å². The van der Waals surface area contributed by atoms with Crippen LogP contribution in [0.15, 0.2) is 12.3 Å². The average Bonchev–Trinajstić information content (AvgIpc) is 2.90. The first-order valence-electron chi connectivity index (χ1n) is 6.45. The fraction of sp³-hybridized carbons (Fsp3) is 0.857. The molecule has 0 aromatic carbocycles. The van der Waals surface area contributed by atoms with Crippen LogP contribution in [-0.4, -0.2) is 6.04 Å². The number of hydrogen-bond donors (Lipinski definition) is 1. The smallest absolute Gasteiger partial charge is 0.0314 e. The molecule has 1 saturated heterocycles. The highest BCUT2D eigenvalue weighted by atomic mass is 15.0. The van der Waals surface area contributed by atoms with E-state index in [1.807, 2.05) is 0 Å². The molecule has 0 radical (unpaired) electrons. The van der Waals surface area contributed by atoms with Crippen molar-refractivity contribution in [3.05, 3.63) is 12.3 Å². The highest BCUT2D eigenvalue weighted by molar-refractivity contribution is 5.28. The van der Waals surface area contributed by atoms with Gasteiger partial charge in [-0.1, -0.05) is 40.7 Å². The van der Waals surface area contributed by atoms with Crippen molar-refractivity contribution in [3.8, 4) is 0 Å². The lowest BCUT2D eigenvalue weighted by atomic mass is 9.68. The summed E-state index contributed by atoms with van der Waals surface area (Å²) < 4.78 is 0. The first-order valence-corrected chi connectivity index (χ1v) is 6.45. The molecule has 86 valence electrons. The molecule has 0 bridgehead atoms. The molecule has 1 saturated carbocycles. The molecule has 1 heteroatoms. The molecule has 1 nitrogen and oxygen atoms in total. The normalized spacial score (nSPS) is 48.4. The molecule has 0 amide bonds. The van der Waals surface area contributed by atoms with Gasteiger partial charge in [0.05, 0.1) is 0 Å². The van der Waals surface area contributed by atoms with E-state index in [1.54, 1.807) is 0 Å². The summed E-state index contributed by atoms with van der Waals surface area (Å²) in [5, 5.41) is 3.70. The summed E-state index contributed by atoms with van der Waals surface area (Å²) in [6.07, 6.45) is 5.20. The summed E-state index contributed by atoms with van der Waals surface area (Å²) in [5.41, 5.74) is 2.21. The van der Waals surface area contributed by atoms with Gasteiger partial charge in [0.1, 0.15) is 0 Å². The summed E-state index contributed by atoms with van der Waals surface area (Å²) in [5.74, 6) is 0.875. The molecule has 2 rings (SSSR count). The monoisotopic (exact) mass is 207 g/mol. The van der Waals surface area contributed by atoms with E-state index in [1.165, 1.54) is 31.4 Å². The van der Waals surface area contributed by atoms with E-state index in [4.69, 9.17) is 0 Å². The van der Waals surface area contributed by atoms with Crippen LogP contribution in [0.25, 0.3) is 0 Å². The van der Waals surface area contributed by atoms with E-state index < -0.39 is 0 Å². The molecule has 0 spiro atoms. The van der Waals surface area contributed by atoms with Gasteiger partial charge in [-0.3, -0.25) is 0 Å². The molecular formula is C14H25N. The van der Waals surface area contributed by atoms with Gasteiger partial charge in [0.15, 0.2) is 0 Å². The van der Waals surface area contributed by atoms with Gasteiger partial charge in [0.25, 0.3) is 0 Å². The zero-order valence-corrected chi connectivity index (χ0v) is 10.7. The third-order valence-corrected chi connectivity index (χ3v) is 5.21. The van der Waals surface area contributed by atoms with Gasteiger partial charge in [-0.05, 0) is 30.6 Å². The Morgan fingerprint density at radius 2 is 2.07 bits per heavy atom. The second-order valence-corrected chi connectivity index (χ2v) is 6.00. The lowest BCUT2D eigenvalue weighted by Crippen LogP contribution is -2.50. The van der Waals surface area contributed by atoms with E-state index in [2.05, 4.69) is 39.6 Å². The van der Waals surface area contributed by atoms with Crippen molar-refractivity contribution in [2.75, 3.05) is 0 Å². The Labute approximate surface area is 94.3 Å². The topological polar surface area (TPSA) is 12.0 Å². The minimum Gasteiger partial charge on any atom is -0.385 e. The quantitative estimate of drug-likeness (QED) is 0.744. The average molecular weight is 207 g/mol. The molecule has 2 fully saturated rings. The van der Waals surface area contributed by atoms with Crippen LogP contribution in [0.3, 0.4) is 0 Å². The van der Waals surface area contributed by atoms with Gasteiger partial charge in [-0.2, -0.15) is 0 Å². The number of piperidine rings is 1. The number of allylic oxidation sites excluding steroid dienone is 1. The van der Waals surface area contributed by atoms with Crippen LogP contribution in [0.5, 0.6) is 0 Å². The van der Waals surface area contributed by atoms with Gasteiger partial charge in [0.2, 0.25) is 0 Å². The maximum atomic E-state index is 4.23. The fourth-order valence-corrected chi connectivity index (χ4v) is 3.63. The lowest BCUT2D eigenvalue weighted by Gasteiger charge is -2.45. The van der Waals surface area contributed by atoms with Crippen LogP contribution in [0.1, 0.15) is 53.4 Å². The molecule has 1 aliphatic heterocycles. The Bertz CT molecular complexity index is 283. The zero-order valence-electron chi connectivity index (χ0n) is 10.7. The van der Waals surface area contributed by atoms with Crippen LogP contribution in [0.2, 0.25) is 0 Å². The van der Waals surface area contributed by atoms with Crippen molar-refractivity contribution in [2.45, 2.75) is 59.4 Å². The Hall–Kier alpha value is -0.460. The third kappa shape index (κ3) is 1.35. The minimum absolute atomic E-state index is 0.412. The molecule has 1 N–H and O–H groups in total. The first kappa shape index (κ1) is 11.0. The van der Waals surface area contributed by atoms with Crippen molar-refractivity contribution in [2.24, 2.45) is 16.7 Å². The highest BCUT2D eigenvalue weighted by Gasteiger charge is 2.64. The van der Waals surface area contributed by atoms with Gasteiger partial charge >= 0.3 is 0 Å². The lowest BCUT2D eigenvalue weighted by molar-refractivity contribution is 0.120. The maximum Gasteiger partial charge on any atom is 0.0314 e. The van der Waals surface area contributed by atoms with Gasteiger partial charge < -0.3 is 5.32 Å². The number of hydrogen-bond acceptors (Lipinski definition) is 1.